The quantitative estimate of drug-likeness (QED) is 0.616. The van der Waals surface area contributed by atoms with Crippen LogP contribution in [-0.4, -0.2) is 32.1 Å². The molecule has 0 aliphatic heterocycles. The van der Waals surface area contributed by atoms with Gasteiger partial charge in [-0.3, -0.25) is 4.79 Å². The molecule has 0 radical (unpaired) electrons. The van der Waals surface area contributed by atoms with Crippen molar-refractivity contribution < 1.29 is 32.2 Å². The summed E-state index contributed by atoms with van der Waals surface area (Å²) in [6.07, 6.45) is -4.10. The van der Waals surface area contributed by atoms with Crippen LogP contribution >= 0.6 is 0 Å². The largest absolute Gasteiger partial charge is 0.484 e. The van der Waals surface area contributed by atoms with E-state index < -0.39 is 18.8 Å². The van der Waals surface area contributed by atoms with Crippen LogP contribution in [0, 0.1) is 0 Å². The first-order valence-corrected chi connectivity index (χ1v) is 4.74. The molecule has 98 valence electrons. The number of halogens is 3. The molecule has 18 heavy (non-hydrogen) atoms. The predicted molar refractivity (Wildman–Crippen MR) is 54.7 cm³/mol. The molecule has 0 unspecified atom stereocenters. The molecule has 0 aliphatic carbocycles. The van der Waals surface area contributed by atoms with Crippen molar-refractivity contribution in [1.82, 2.24) is 0 Å². The summed E-state index contributed by atoms with van der Waals surface area (Å²) in [4.78, 5) is 21.8. The van der Waals surface area contributed by atoms with Crippen LogP contribution in [0.2, 0.25) is 0 Å². The van der Waals surface area contributed by atoms with E-state index >= 15 is 0 Å². The highest BCUT2D eigenvalue weighted by molar-refractivity contribution is 5.92. The molecule has 0 atom stereocenters. The zero-order valence-electron chi connectivity index (χ0n) is 9.28. The van der Waals surface area contributed by atoms with Crippen LogP contribution in [0.1, 0.15) is 20.7 Å². The van der Waals surface area contributed by atoms with Crippen LogP contribution in [0.5, 0.6) is 5.75 Å². The van der Waals surface area contributed by atoms with Gasteiger partial charge in [0.05, 0.1) is 12.7 Å². The Morgan fingerprint density at radius 2 is 2.00 bits per heavy atom. The van der Waals surface area contributed by atoms with E-state index in [2.05, 4.69) is 9.47 Å². The van der Waals surface area contributed by atoms with E-state index in [9.17, 15) is 22.8 Å². The Labute approximate surface area is 100 Å². The SMILES string of the molecule is COC(=O)c1cc(C=O)cc(OCC(F)(F)F)c1. The van der Waals surface area contributed by atoms with Gasteiger partial charge in [-0.05, 0) is 18.2 Å². The standard InChI is InChI=1S/C11H9F3O4/c1-17-10(16)8-2-7(5-15)3-9(4-8)18-6-11(12,13)14/h2-5H,6H2,1H3. The fraction of sp³-hybridized carbons (Fsp3) is 0.273. The molecule has 1 aromatic carbocycles. The van der Waals surface area contributed by atoms with Crippen LogP contribution in [0.4, 0.5) is 13.2 Å². The van der Waals surface area contributed by atoms with Crippen LogP contribution in [0.15, 0.2) is 18.2 Å². The first-order chi connectivity index (χ1) is 8.35. The van der Waals surface area contributed by atoms with Gasteiger partial charge in [-0.1, -0.05) is 0 Å². The van der Waals surface area contributed by atoms with Gasteiger partial charge in [0.1, 0.15) is 12.0 Å². The first kappa shape index (κ1) is 14.0. The number of alkyl halides is 3. The number of carbonyl (C=O) groups excluding carboxylic acids is 2. The second kappa shape index (κ2) is 5.52. The number of carbonyl (C=O) groups is 2. The van der Waals surface area contributed by atoms with Gasteiger partial charge in [0, 0.05) is 5.56 Å². The van der Waals surface area contributed by atoms with E-state index in [1.807, 2.05) is 0 Å². The van der Waals surface area contributed by atoms with E-state index in [0.717, 1.165) is 19.2 Å². The summed E-state index contributed by atoms with van der Waals surface area (Å²) < 4.78 is 44.7. The average Bonchev–Trinajstić information content (AvgIpc) is 2.34. The highest BCUT2D eigenvalue weighted by atomic mass is 19.4. The Morgan fingerprint density at radius 3 is 2.50 bits per heavy atom. The molecule has 4 nitrogen and oxygen atoms in total. The molecule has 0 aromatic heterocycles. The fourth-order valence-electron chi connectivity index (χ4n) is 1.17. The summed E-state index contributed by atoms with van der Waals surface area (Å²) >= 11 is 0. The molecule has 0 spiro atoms. The molecule has 7 heteroatoms. The molecule has 0 N–H and O–H groups in total. The molecule has 0 heterocycles. The van der Waals surface area contributed by atoms with Crippen molar-refractivity contribution in [3.05, 3.63) is 29.3 Å². The molecular weight excluding hydrogens is 253 g/mol. The van der Waals surface area contributed by atoms with Crippen LogP contribution in [0.25, 0.3) is 0 Å². The van der Waals surface area contributed by atoms with E-state index in [1.165, 1.54) is 6.07 Å². The van der Waals surface area contributed by atoms with Gasteiger partial charge in [-0.25, -0.2) is 4.79 Å². The lowest BCUT2D eigenvalue weighted by molar-refractivity contribution is -0.153. The van der Waals surface area contributed by atoms with E-state index in [0.29, 0.717) is 6.29 Å². The van der Waals surface area contributed by atoms with Gasteiger partial charge in [0.15, 0.2) is 6.61 Å². The normalized spacial score (nSPS) is 10.9. The second-order valence-corrected chi connectivity index (χ2v) is 3.30. The number of methoxy groups -OCH3 is 1. The monoisotopic (exact) mass is 262 g/mol. The molecule has 0 bridgehead atoms. The van der Waals surface area contributed by atoms with Crippen LogP contribution in [0.3, 0.4) is 0 Å². The minimum absolute atomic E-state index is 0.0232. The van der Waals surface area contributed by atoms with Crippen molar-refractivity contribution in [2.45, 2.75) is 6.18 Å². The summed E-state index contributed by atoms with van der Waals surface area (Å²) in [5.74, 6) is -0.993. The topological polar surface area (TPSA) is 52.6 Å². The van der Waals surface area contributed by atoms with Crippen molar-refractivity contribution in [3.8, 4) is 5.75 Å². The Balaban J connectivity index is 2.97. The van der Waals surface area contributed by atoms with Gasteiger partial charge >= 0.3 is 12.1 Å². The van der Waals surface area contributed by atoms with Gasteiger partial charge in [-0.2, -0.15) is 13.2 Å². The molecular formula is C11H9F3O4. The maximum Gasteiger partial charge on any atom is 0.422 e. The number of hydrogen-bond acceptors (Lipinski definition) is 4. The molecule has 0 saturated carbocycles. The maximum atomic E-state index is 12.0. The van der Waals surface area contributed by atoms with Gasteiger partial charge in [-0.15, -0.1) is 0 Å². The van der Waals surface area contributed by atoms with Crippen LogP contribution < -0.4 is 4.74 Å². The highest BCUT2D eigenvalue weighted by Crippen LogP contribution is 2.21. The third-order valence-corrected chi connectivity index (χ3v) is 1.89. The Hall–Kier alpha value is -2.05. The lowest BCUT2D eigenvalue weighted by Crippen LogP contribution is -2.19. The number of esters is 1. The fourth-order valence-corrected chi connectivity index (χ4v) is 1.17. The molecule has 1 rings (SSSR count). The van der Waals surface area contributed by atoms with E-state index in [-0.39, 0.29) is 16.9 Å². The highest BCUT2D eigenvalue weighted by Gasteiger charge is 2.28. The smallest absolute Gasteiger partial charge is 0.422 e. The summed E-state index contributed by atoms with van der Waals surface area (Å²) in [5.41, 5.74) is -0.0330. The Morgan fingerprint density at radius 1 is 1.33 bits per heavy atom. The van der Waals surface area contributed by atoms with Gasteiger partial charge < -0.3 is 9.47 Å². The summed E-state index contributed by atoms with van der Waals surface area (Å²) in [6.45, 7) is -1.50. The minimum Gasteiger partial charge on any atom is -0.484 e. The predicted octanol–water partition coefficient (Wildman–Crippen LogP) is 2.23. The zero-order chi connectivity index (χ0) is 13.8. The summed E-state index contributed by atoms with van der Waals surface area (Å²) in [7, 11) is 1.12. The number of rotatable bonds is 4. The van der Waals surface area contributed by atoms with Crippen LogP contribution in [-0.2, 0) is 4.74 Å². The van der Waals surface area contributed by atoms with Crippen molar-refractivity contribution in [1.29, 1.82) is 0 Å². The number of hydrogen-bond donors (Lipinski definition) is 0. The Bertz CT molecular complexity index is 454. The lowest BCUT2D eigenvalue weighted by Gasteiger charge is -2.10. The average molecular weight is 262 g/mol. The lowest BCUT2D eigenvalue weighted by atomic mass is 10.1. The maximum absolute atomic E-state index is 12.0. The molecule has 1 aromatic rings. The molecule has 0 fully saturated rings. The third kappa shape index (κ3) is 4.08. The minimum atomic E-state index is -4.50. The van der Waals surface area contributed by atoms with E-state index in [1.54, 1.807) is 0 Å². The Kier molecular flexibility index (Phi) is 4.30. The second-order valence-electron chi connectivity index (χ2n) is 3.30. The first-order valence-electron chi connectivity index (χ1n) is 4.74. The van der Waals surface area contributed by atoms with Crippen molar-refractivity contribution in [3.63, 3.8) is 0 Å². The molecule has 0 saturated heterocycles. The van der Waals surface area contributed by atoms with Crippen molar-refractivity contribution in [2.24, 2.45) is 0 Å². The van der Waals surface area contributed by atoms with Gasteiger partial charge in [0.25, 0.3) is 0 Å². The third-order valence-electron chi connectivity index (χ3n) is 1.89. The van der Waals surface area contributed by atoms with Gasteiger partial charge in [0.2, 0.25) is 0 Å². The number of ether oxygens (including phenoxy) is 2. The summed E-state index contributed by atoms with van der Waals surface area (Å²) in [6, 6.07) is 3.37. The van der Waals surface area contributed by atoms with Crippen molar-refractivity contribution in [2.75, 3.05) is 13.7 Å². The zero-order valence-corrected chi connectivity index (χ0v) is 9.28. The molecule has 0 aliphatic rings. The van der Waals surface area contributed by atoms with E-state index in [4.69, 9.17) is 0 Å². The number of aldehydes is 1. The molecule has 0 amide bonds. The number of benzene rings is 1. The summed E-state index contributed by atoms with van der Waals surface area (Å²) in [5, 5.41) is 0. The van der Waals surface area contributed by atoms with Crippen molar-refractivity contribution >= 4 is 12.3 Å².